The van der Waals surface area contributed by atoms with E-state index in [-0.39, 0.29) is 0 Å². The summed E-state index contributed by atoms with van der Waals surface area (Å²) in [5.41, 5.74) is 5.98. The summed E-state index contributed by atoms with van der Waals surface area (Å²) in [6, 6.07) is 0.612. The summed E-state index contributed by atoms with van der Waals surface area (Å²) in [5.74, 6) is 0. The van der Waals surface area contributed by atoms with E-state index >= 15 is 0 Å². The SMILES string of the molecule is C[C@@H]1CNNCN1. The molecule has 0 spiro atoms. The van der Waals surface area contributed by atoms with Crippen LogP contribution in [0.2, 0.25) is 0 Å². The normalized spacial score (nSPS) is 33.0. The smallest absolute Gasteiger partial charge is 0.0592 e. The first-order valence-electron chi connectivity index (χ1n) is 2.58. The van der Waals surface area contributed by atoms with Crippen molar-refractivity contribution in [3.05, 3.63) is 0 Å². The predicted molar refractivity (Wildman–Crippen MR) is 28.6 cm³/mol. The standard InChI is InChI=1S/C4H11N3/c1-4-2-6-7-3-5-4/h4-7H,2-3H2,1H3/t4-/m1/s1. The Morgan fingerprint density at radius 1 is 1.43 bits per heavy atom. The molecule has 0 saturated carbocycles. The number of hydrazine groups is 1. The molecule has 1 saturated heterocycles. The average Bonchev–Trinajstić information content (AvgIpc) is 1.69. The number of nitrogens with one attached hydrogen (secondary N) is 3. The second kappa shape index (κ2) is 2.26. The Morgan fingerprint density at radius 3 is 2.57 bits per heavy atom. The van der Waals surface area contributed by atoms with Gasteiger partial charge in [-0.15, -0.1) is 0 Å². The lowest BCUT2D eigenvalue weighted by Crippen LogP contribution is -2.54. The molecule has 42 valence electrons. The van der Waals surface area contributed by atoms with Crippen LogP contribution in [0.4, 0.5) is 0 Å². The van der Waals surface area contributed by atoms with Crippen LogP contribution in [-0.2, 0) is 0 Å². The fraction of sp³-hybridized carbons (Fsp3) is 1.00. The first-order valence-corrected chi connectivity index (χ1v) is 2.58. The van der Waals surface area contributed by atoms with Crippen molar-refractivity contribution in [2.24, 2.45) is 0 Å². The van der Waals surface area contributed by atoms with E-state index in [9.17, 15) is 0 Å². The Kier molecular flexibility index (Phi) is 1.62. The third kappa shape index (κ3) is 1.43. The molecule has 7 heavy (non-hydrogen) atoms. The van der Waals surface area contributed by atoms with Crippen LogP contribution in [0.5, 0.6) is 0 Å². The molecule has 1 aliphatic heterocycles. The molecule has 1 aliphatic rings. The minimum Gasteiger partial charge on any atom is -0.300 e. The van der Waals surface area contributed by atoms with Gasteiger partial charge in [0.05, 0.1) is 6.67 Å². The summed E-state index contributed by atoms with van der Waals surface area (Å²) >= 11 is 0. The van der Waals surface area contributed by atoms with Gasteiger partial charge in [0.2, 0.25) is 0 Å². The minimum absolute atomic E-state index is 0.612. The average molecular weight is 101 g/mol. The Labute approximate surface area is 43.4 Å². The van der Waals surface area contributed by atoms with Crippen LogP contribution in [0, 0.1) is 0 Å². The zero-order chi connectivity index (χ0) is 5.11. The van der Waals surface area contributed by atoms with Crippen molar-refractivity contribution in [3.63, 3.8) is 0 Å². The molecule has 0 aromatic carbocycles. The van der Waals surface area contributed by atoms with Gasteiger partial charge in [0.25, 0.3) is 0 Å². The topological polar surface area (TPSA) is 36.1 Å². The molecule has 3 N–H and O–H groups in total. The van der Waals surface area contributed by atoms with Crippen LogP contribution >= 0.6 is 0 Å². The second-order valence-corrected chi connectivity index (χ2v) is 1.84. The fourth-order valence-corrected chi connectivity index (χ4v) is 0.585. The molecule has 1 rings (SSSR count). The highest BCUT2D eigenvalue weighted by Crippen LogP contribution is 1.77. The van der Waals surface area contributed by atoms with Crippen LogP contribution in [-0.4, -0.2) is 19.3 Å². The number of hydrogen-bond donors (Lipinski definition) is 3. The lowest BCUT2D eigenvalue weighted by Gasteiger charge is -2.21. The van der Waals surface area contributed by atoms with Crippen molar-refractivity contribution >= 4 is 0 Å². The molecule has 0 aromatic heterocycles. The molecule has 1 heterocycles. The molecular formula is C4H11N3. The lowest BCUT2D eigenvalue weighted by atomic mass is 10.3. The van der Waals surface area contributed by atoms with Gasteiger partial charge >= 0.3 is 0 Å². The van der Waals surface area contributed by atoms with Crippen LogP contribution in [0.3, 0.4) is 0 Å². The quantitative estimate of drug-likeness (QED) is 0.367. The minimum atomic E-state index is 0.612. The molecule has 3 nitrogen and oxygen atoms in total. The predicted octanol–water partition coefficient (Wildman–Crippen LogP) is -0.970. The fourth-order valence-electron chi connectivity index (χ4n) is 0.585. The van der Waals surface area contributed by atoms with E-state index in [1.807, 2.05) is 0 Å². The molecule has 3 heteroatoms. The van der Waals surface area contributed by atoms with Crippen LogP contribution in [0.1, 0.15) is 6.92 Å². The summed E-state index contributed by atoms with van der Waals surface area (Å²) in [6.45, 7) is 4.04. The van der Waals surface area contributed by atoms with Gasteiger partial charge in [-0.2, -0.15) is 0 Å². The summed E-state index contributed by atoms with van der Waals surface area (Å²) in [7, 11) is 0. The van der Waals surface area contributed by atoms with E-state index in [2.05, 4.69) is 23.1 Å². The molecule has 0 amide bonds. The number of hydrogen-bond acceptors (Lipinski definition) is 3. The van der Waals surface area contributed by atoms with Gasteiger partial charge in [0.1, 0.15) is 0 Å². The maximum atomic E-state index is 3.21. The summed E-state index contributed by atoms with van der Waals surface area (Å²) in [5, 5.41) is 3.21. The molecule has 0 bridgehead atoms. The molecule has 1 fully saturated rings. The first-order chi connectivity index (χ1) is 3.39. The van der Waals surface area contributed by atoms with Crippen LogP contribution < -0.4 is 16.2 Å². The highest BCUT2D eigenvalue weighted by atomic mass is 15.4. The van der Waals surface area contributed by atoms with Gasteiger partial charge in [-0.05, 0) is 6.92 Å². The van der Waals surface area contributed by atoms with Crippen molar-refractivity contribution < 1.29 is 0 Å². The Balaban J connectivity index is 2.12. The maximum Gasteiger partial charge on any atom is 0.0592 e. The third-order valence-corrected chi connectivity index (χ3v) is 1.07. The number of rotatable bonds is 0. The zero-order valence-electron chi connectivity index (χ0n) is 4.49. The largest absolute Gasteiger partial charge is 0.300 e. The highest BCUT2D eigenvalue weighted by Gasteiger charge is 2.02. The Bertz CT molecular complexity index is 48.9. The third-order valence-electron chi connectivity index (χ3n) is 1.07. The molecule has 1 atom stereocenters. The molecule has 0 aliphatic carbocycles. The van der Waals surface area contributed by atoms with Crippen molar-refractivity contribution in [1.82, 2.24) is 16.2 Å². The maximum absolute atomic E-state index is 3.21. The molecular weight excluding hydrogens is 90.1 g/mol. The van der Waals surface area contributed by atoms with Crippen molar-refractivity contribution in [2.45, 2.75) is 13.0 Å². The molecule has 0 unspecified atom stereocenters. The van der Waals surface area contributed by atoms with Crippen molar-refractivity contribution in [3.8, 4) is 0 Å². The van der Waals surface area contributed by atoms with E-state index in [0.717, 1.165) is 13.2 Å². The van der Waals surface area contributed by atoms with E-state index < -0.39 is 0 Å². The van der Waals surface area contributed by atoms with Gasteiger partial charge < -0.3 is 0 Å². The van der Waals surface area contributed by atoms with Gasteiger partial charge in [-0.3, -0.25) is 10.7 Å². The van der Waals surface area contributed by atoms with Crippen LogP contribution in [0.15, 0.2) is 0 Å². The van der Waals surface area contributed by atoms with Crippen LogP contribution in [0.25, 0.3) is 0 Å². The summed E-state index contributed by atoms with van der Waals surface area (Å²) in [4.78, 5) is 0. The lowest BCUT2D eigenvalue weighted by molar-refractivity contribution is 0.360. The van der Waals surface area contributed by atoms with Gasteiger partial charge in [0.15, 0.2) is 0 Å². The van der Waals surface area contributed by atoms with Crippen molar-refractivity contribution in [2.75, 3.05) is 13.2 Å². The van der Waals surface area contributed by atoms with E-state index in [1.165, 1.54) is 0 Å². The zero-order valence-corrected chi connectivity index (χ0v) is 4.49. The van der Waals surface area contributed by atoms with E-state index in [1.54, 1.807) is 0 Å². The Hall–Kier alpha value is -0.120. The van der Waals surface area contributed by atoms with Gasteiger partial charge in [-0.25, -0.2) is 5.43 Å². The molecule has 0 aromatic rings. The van der Waals surface area contributed by atoms with Crippen molar-refractivity contribution in [1.29, 1.82) is 0 Å². The highest BCUT2D eigenvalue weighted by molar-refractivity contribution is 4.64. The first kappa shape index (κ1) is 5.03. The van der Waals surface area contributed by atoms with Gasteiger partial charge in [0, 0.05) is 12.6 Å². The molecule has 0 radical (unpaired) electrons. The monoisotopic (exact) mass is 101 g/mol. The Morgan fingerprint density at radius 2 is 2.29 bits per heavy atom. The van der Waals surface area contributed by atoms with E-state index in [4.69, 9.17) is 0 Å². The summed E-state index contributed by atoms with van der Waals surface area (Å²) in [6.07, 6.45) is 0. The second-order valence-electron chi connectivity index (χ2n) is 1.84. The van der Waals surface area contributed by atoms with Gasteiger partial charge in [-0.1, -0.05) is 0 Å². The summed E-state index contributed by atoms with van der Waals surface area (Å²) < 4.78 is 0. The van der Waals surface area contributed by atoms with E-state index in [0.29, 0.717) is 6.04 Å².